The highest BCUT2D eigenvalue weighted by Crippen LogP contribution is 2.24. The van der Waals surface area contributed by atoms with Crippen LogP contribution < -0.4 is 0 Å². The molecule has 5 nitrogen and oxygen atoms in total. The molecule has 132 valence electrons. The van der Waals surface area contributed by atoms with E-state index in [0.29, 0.717) is 18.4 Å². The Balaban J connectivity index is 1.29. The number of carbonyl (C=O) groups is 1. The summed E-state index contributed by atoms with van der Waals surface area (Å²) in [6, 6.07) is 0. The highest BCUT2D eigenvalue weighted by atomic mass is 16.6. The van der Waals surface area contributed by atoms with Crippen LogP contribution in [0.15, 0.2) is 0 Å². The standard InChI is InChI=1S/C18H31NO4/c20-18(23-13-15-4-2-1-3-5-15)19-9-6-17(7-10-19)22-14-16-8-11-21-12-16/h15-17H,1-14H2/t16-/m1/s1. The number of rotatable bonds is 5. The van der Waals surface area contributed by atoms with Crippen molar-refractivity contribution in [3.05, 3.63) is 0 Å². The lowest BCUT2D eigenvalue weighted by Crippen LogP contribution is -2.42. The van der Waals surface area contributed by atoms with E-state index in [4.69, 9.17) is 14.2 Å². The van der Waals surface area contributed by atoms with Crippen molar-refractivity contribution in [2.75, 3.05) is 39.5 Å². The summed E-state index contributed by atoms with van der Waals surface area (Å²) in [5.74, 6) is 1.15. The van der Waals surface area contributed by atoms with Gasteiger partial charge in [-0.05, 0) is 38.0 Å². The normalized spacial score (nSPS) is 27.3. The van der Waals surface area contributed by atoms with Crippen molar-refractivity contribution in [1.82, 2.24) is 4.90 Å². The minimum atomic E-state index is -0.127. The number of hydrogen-bond acceptors (Lipinski definition) is 4. The van der Waals surface area contributed by atoms with Gasteiger partial charge in [0.15, 0.2) is 0 Å². The van der Waals surface area contributed by atoms with Crippen molar-refractivity contribution in [2.24, 2.45) is 11.8 Å². The summed E-state index contributed by atoms with van der Waals surface area (Å²) in [5.41, 5.74) is 0. The van der Waals surface area contributed by atoms with Gasteiger partial charge in [0.1, 0.15) is 0 Å². The van der Waals surface area contributed by atoms with Gasteiger partial charge in [-0.3, -0.25) is 0 Å². The van der Waals surface area contributed by atoms with Crippen LogP contribution in [-0.2, 0) is 14.2 Å². The summed E-state index contributed by atoms with van der Waals surface area (Å²) in [6.45, 7) is 4.64. The molecule has 2 heterocycles. The van der Waals surface area contributed by atoms with Crippen molar-refractivity contribution in [2.45, 2.75) is 57.5 Å². The van der Waals surface area contributed by atoms with Crippen molar-refractivity contribution >= 4 is 6.09 Å². The molecule has 0 bridgehead atoms. The SMILES string of the molecule is O=C(OCC1CCCCC1)N1CCC(OC[C@@H]2CCOC2)CC1. The number of piperidine rings is 1. The van der Waals surface area contributed by atoms with Gasteiger partial charge in [-0.1, -0.05) is 19.3 Å². The first-order valence-electron chi connectivity index (χ1n) is 9.42. The quantitative estimate of drug-likeness (QED) is 0.779. The summed E-state index contributed by atoms with van der Waals surface area (Å²) >= 11 is 0. The van der Waals surface area contributed by atoms with E-state index in [1.54, 1.807) is 0 Å². The monoisotopic (exact) mass is 325 g/mol. The molecule has 3 rings (SSSR count). The summed E-state index contributed by atoms with van der Waals surface area (Å²) in [6.07, 6.45) is 9.47. The number of ether oxygens (including phenoxy) is 3. The molecule has 1 atom stereocenters. The molecule has 1 aliphatic carbocycles. The van der Waals surface area contributed by atoms with Crippen molar-refractivity contribution < 1.29 is 19.0 Å². The lowest BCUT2D eigenvalue weighted by Gasteiger charge is -2.32. The van der Waals surface area contributed by atoms with Gasteiger partial charge in [0, 0.05) is 25.6 Å². The van der Waals surface area contributed by atoms with Crippen LogP contribution in [0, 0.1) is 11.8 Å². The zero-order valence-electron chi connectivity index (χ0n) is 14.2. The van der Waals surface area contributed by atoms with Gasteiger partial charge >= 0.3 is 6.09 Å². The minimum Gasteiger partial charge on any atom is -0.449 e. The van der Waals surface area contributed by atoms with Gasteiger partial charge in [-0.15, -0.1) is 0 Å². The molecule has 0 N–H and O–H groups in total. The third kappa shape index (κ3) is 5.35. The molecule has 1 amide bonds. The Morgan fingerprint density at radius 3 is 2.43 bits per heavy atom. The zero-order valence-corrected chi connectivity index (χ0v) is 14.2. The van der Waals surface area contributed by atoms with Crippen LogP contribution in [-0.4, -0.2) is 56.6 Å². The van der Waals surface area contributed by atoms with Crippen LogP contribution in [0.1, 0.15) is 51.4 Å². The molecule has 3 aliphatic rings. The van der Waals surface area contributed by atoms with Gasteiger partial charge in [-0.2, -0.15) is 0 Å². The van der Waals surface area contributed by atoms with Crippen LogP contribution in [0.5, 0.6) is 0 Å². The molecular formula is C18H31NO4. The first kappa shape index (κ1) is 17.0. The molecule has 3 fully saturated rings. The molecule has 1 saturated carbocycles. The van der Waals surface area contributed by atoms with Crippen molar-refractivity contribution in [3.8, 4) is 0 Å². The van der Waals surface area contributed by atoms with E-state index in [-0.39, 0.29) is 12.2 Å². The van der Waals surface area contributed by atoms with Crippen LogP contribution in [0.25, 0.3) is 0 Å². The Morgan fingerprint density at radius 1 is 0.957 bits per heavy atom. The van der Waals surface area contributed by atoms with E-state index in [9.17, 15) is 4.79 Å². The highest BCUT2D eigenvalue weighted by molar-refractivity contribution is 5.67. The maximum absolute atomic E-state index is 12.2. The molecule has 23 heavy (non-hydrogen) atoms. The number of likely N-dealkylation sites (tertiary alicyclic amines) is 1. The van der Waals surface area contributed by atoms with Crippen LogP contribution in [0.2, 0.25) is 0 Å². The lowest BCUT2D eigenvalue weighted by atomic mass is 9.90. The average molecular weight is 325 g/mol. The first-order chi connectivity index (χ1) is 11.3. The second-order valence-corrected chi connectivity index (χ2v) is 7.33. The lowest BCUT2D eigenvalue weighted by molar-refractivity contribution is -0.0119. The summed E-state index contributed by atoms with van der Waals surface area (Å²) in [7, 11) is 0. The highest BCUT2D eigenvalue weighted by Gasteiger charge is 2.26. The molecule has 0 radical (unpaired) electrons. The molecule has 2 saturated heterocycles. The first-order valence-corrected chi connectivity index (χ1v) is 9.42. The molecule has 0 unspecified atom stereocenters. The summed E-state index contributed by atoms with van der Waals surface area (Å²) in [5, 5.41) is 0. The van der Waals surface area contributed by atoms with Crippen LogP contribution >= 0.6 is 0 Å². The van der Waals surface area contributed by atoms with Crippen LogP contribution in [0.3, 0.4) is 0 Å². The molecule has 0 aromatic rings. The summed E-state index contributed by atoms with van der Waals surface area (Å²) in [4.78, 5) is 14.0. The number of carbonyl (C=O) groups excluding carboxylic acids is 1. The number of amides is 1. The fourth-order valence-electron chi connectivity index (χ4n) is 3.83. The maximum atomic E-state index is 12.2. The van der Waals surface area contributed by atoms with E-state index in [2.05, 4.69) is 0 Å². The number of hydrogen-bond donors (Lipinski definition) is 0. The van der Waals surface area contributed by atoms with Gasteiger partial charge < -0.3 is 19.1 Å². The van der Waals surface area contributed by atoms with E-state index < -0.39 is 0 Å². The smallest absolute Gasteiger partial charge is 0.409 e. The van der Waals surface area contributed by atoms with Gasteiger partial charge in [0.05, 0.1) is 25.9 Å². The van der Waals surface area contributed by atoms with Crippen LogP contribution in [0.4, 0.5) is 4.79 Å². The topological polar surface area (TPSA) is 48.0 Å². The van der Waals surface area contributed by atoms with E-state index in [1.165, 1.54) is 32.1 Å². The Bertz CT molecular complexity index is 356. The zero-order chi connectivity index (χ0) is 15.9. The second kappa shape index (κ2) is 8.88. The Morgan fingerprint density at radius 2 is 1.74 bits per heavy atom. The minimum absolute atomic E-state index is 0.127. The Kier molecular flexibility index (Phi) is 6.57. The molecule has 5 heteroatoms. The molecule has 0 aromatic heterocycles. The van der Waals surface area contributed by atoms with Crippen molar-refractivity contribution in [3.63, 3.8) is 0 Å². The van der Waals surface area contributed by atoms with Gasteiger partial charge in [0.25, 0.3) is 0 Å². The van der Waals surface area contributed by atoms with Crippen molar-refractivity contribution in [1.29, 1.82) is 0 Å². The average Bonchev–Trinajstić information content (AvgIpc) is 3.13. The van der Waals surface area contributed by atoms with E-state index in [0.717, 1.165) is 52.2 Å². The third-order valence-electron chi connectivity index (χ3n) is 5.46. The fourth-order valence-corrected chi connectivity index (χ4v) is 3.83. The molecular weight excluding hydrogens is 294 g/mol. The predicted octanol–water partition coefficient (Wildman–Crippen LogP) is 3.22. The number of nitrogens with zero attached hydrogens (tertiary/aromatic N) is 1. The molecule has 0 spiro atoms. The predicted molar refractivity (Wildman–Crippen MR) is 87.4 cm³/mol. The fraction of sp³-hybridized carbons (Fsp3) is 0.944. The third-order valence-corrected chi connectivity index (χ3v) is 5.46. The summed E-state index contributed by atoms with van der Waals surface area (Å²) < 4.78 is 16.9. The Hall–Kier alpha value is -0.810. The Labute approximate surface area is 139 Å². The maximum Gasteiger partial charge on any atom is 0.409 e. The van der Waals surface area contributed by atoms with E-state index in [1.807, 2.05) is 4.90 Å². The van der Waals surface area contributed by atoms with Gasteiger partial charge in [0.2, 0.25) is 0 Å². The largest absolute Gasteiger partial charge is 0.449 e. The second-order valence-electron chi connectivity index (χ2n) is 7.33. The molecule has 0 aromatic carbocycles. The molecule has 2 aliphatic heterocycles. The van der Waals surface area contributed by atoms with Gasteiger partial charge in [-0.25, -0.2) is 4.79 Å². The van der Waals surface area contributed by atoms with E-state index >= 15 is 0 Å².